The van der Waals surface area contributed by atoms with E-state index >= 15 is 0 Å². The van der Waals surface area contributed by atoms with E-state index in [1.54, 1.807) is 0 Å². The van der Waals surface area contributed by atoms with Crippen LogP contribution in [0.4, 0.5) is 0 Å². The first kappa shape index (κ1) is 17.3. The van der Waals surface area contributed by atoms with E-state index in [4.69, 9.17) is 13.8 Å². The number of ether oxygens (including phenoxy) is 1. The van der Waals surface area contributed by atoms with Crippen LogP contribution < -0.4 is 4.74 Å². The van der Waals surface area contributed by atoms with Crippen LogP contribution in [0.5, 0.6) is 5.75 Å². The summed E-state index contributed by atoms with van der Waals surface area (Å²) in [6.45, 7) is 6.47. The predicted octanol–water partition coefficient (Wildman–Crippen LogP) is 4.50. The van der Waals surface area contributed by atoms with E-state index in [9.17, 15) is 4.57 Å². The molecule has 0 saturated carbocycles. The summed E-state index contributed by atoms with van der Waals surface area (Å²) < 4.78 is 30.5. The summed E-state index contributed by atoms with van der Waals surface area (Å²) in [6.07, 6.45) is 1.39. The molecule has 1 heterocycles. The van der Waals surface area contributed by atoms with Gasteiger partial charge in [-0.15, -0.1) is 0 Å². The van der Waals surface area contributed by atoms with Crippen molar-refractivity contribution in [3.05, 3.63) is 28.8 Å². The summed E-state index contributed by atoms with van der Waals surface area (Å²) in [7, 11) is -3.08. The van der Waals surface area contributed by atoms with Crippen LogP contribution in [0.1, 0.15) is 30.5 Å². The van der Waals surface area contributed by atoms with Gasteiger partial charge in [-0.1, -0.05) is 28.7 Å². The molecule has 0 amide bonds. The first-order valence-electron chi connectivity index (χ1n) is 7.24. The van der Waals surface area contributed by atoms with Gasteiger partial charge in [-0.3, -0.25) is 4.57 Å². The molecule has 1 aromatic rings. The second kappa shape index (κ2) is 7.44. The molecule has 0 aliphatic carbocycles. The highest BCUT2D eigenvalue weighted by atomic mass is 127. The molecule has 1 atom stereocenters. The van der Waals surface area contributed by atoms with E-state index in [0.717, 1.165) is 33.3 Å². The van der Waals surface area contributed by atoms with Gasteiger partial charge in [0.1, 0.15) is 11.9 Å². The number of rotatable bonds is 7. The van der Waals surface area contributed by atoms with Crippen LogP contribution in [0.25, 0.3) is 0 Å². The summed E-state index contributed by atoms with van der Waals surface area (Å²) in [5, 5.41) is 0. The number of aryl methyl sites for hydroxylation is 1. The number of hydrogen-bond acceptors (Lipinski definition) is 4. The van der Waals surface area contributed by atoms with Gasteiger partial charge in [0.2, 0.25) is 0 Å². The second-order valence-electron chi connectivity index (χ2n) is 5.10. The summed E-state index contributed by atoms with van der Waals surface area (Å²) in [4.78, 5) is 0. The van der Waals surface area contributed by atoms with Crippen molar-refractivity contribution in [2.45, 2.75) is 39.5 Å². The minimum atomic E-state index is -3.08. The average Bonchev–Trinajstić information content (AvgIpc) is 2.82. The Hall–Kier alpha value is -0.100. The number of fused-ring (bicyclic) bond motifs is 1. The zero-order chi connectivity index (χ0) is 15.5. The molecular weight excluding hydrogens is 402 g/mol. The smallest absolute Gasteiger partial charge is 0.335 e. The molecule has 1 unspecified atom stereocenters. The highest BCUT2D eigenvalue weighted by Gasteiger charge is 2.30. The molecule has 2 rings (SSSR count). The van der Waals surface area contributed by atoms with Crippen molar-refractivity contribution in [2.24, 2.45) is 0 Å². The molecule has 1 aliphatic rings. The van der Waals surface area contributed by atoms with Crippen molar-refractivity contribution < 1.29 is 18.3 Å². The number of benzene rings is 1. The second-order valence-corrected chi connectivity index (χ2v) is 8.04. The summed E-state index contributed by atoms with van der Waals surface area (Å²) >= 11 is 2.33. The van der Waals surface area contributed by atoms with Crippen molar-refractivity contribution in [3.63, 3.8) is 0 Å². The fourth-order valence-corrected chi connectivity index (χ4v) is 4.83. The Labute approximate surface area is 140 Å². The topological polar surface area (TPSA) is 44.8 Å². The molecular formula is C15H22IO4P. The molecule has 0 spiro atoms. The lowest BCUT2D eigenvalue weighted by Crippen LogP contribution is -2.13. The maximum absolute atomic E-state index is 12.8. The SMILES string of the molecule is CCOP(=O)(Cc1cc(C)cc2c1CC(CI)O2)OCC. The largest absolute Gasteiger partial charge is 0.489 e. The first-order valence-corrected chi connectivity index (χ1v) is 10.5. The van der Waals surface area contributed by atoms with Crippen LogP contribution in [-0.2, 0) is 26.2 Å². The van der Waals surface area contributed by atoms with Crippen LogP contribution in [0, 0.1) is 6.92 Å². The Morgan fingerprint density at radius 3 is 2.57 bits per heavy atom. The summed E-state index contributed by atoms with van der Waals surface area (Å²) in [6, 6.07) is 4.12. The maximum Gasteiger partial charge on any atom is 0.335 e. The van der Waals surface area contributed by atoms with Crippen LogP contribution in [0.3, 0.4) is 0 Å². The van der Waals surface area contributed by atoms with Crippen LogP contribution in [-0.4, -0.2) is 23.7 Å². The Kier molecular flexibility index (Phi) is 6.12. The normalized spacial score (nSPS) is 17.6. The van der Waals surface area contributed by atoms with Crippen LogP contribution >= 0.6 is 30.2 Å². The first-order chi connectivity index (χ1) is 10.0. The Morgan fingerprint density at radius 2 is 2.00 bits per heavy atom. The van der Waals surface area contributed by atoms with E-state index in [1.807, 2.05) is 20.8 Å². The van der Waals surface area contributed by atoms with Gasteiger partial charge in [0, 0.05) is 16.4 Å². The van der Waals surface area contributed by atoms with E-state index in [-0.39, 0.29) is 6.10 Å². The van der Waals surface area contributed by atoms with Gasteiger partial charge in [-0.05, 0) is 38.0 Å². The Morgan fingerprint density at radius 1 is 1.33 bits per heavy atom. The monoisotopic (exact) mass is 424 g/mol. The number of alkyl halides is 1. The third-order valence-corrected chi connectivity index (χ3v) is 6.37. The number of halogens is 1. The van der Waals surface area contributed by atoms with Crippen molar-refractivity contribution >= 4 is 30.2 Å². The quantitative estimate of drug-likeness (QED) is 0.368. The van der Waals surface area contributed by atoms with Gasteiger partial charge in [-0.2, -0.15) is 0 Å². The zero-order valence-corrected chi connectivity index (χ0v) is 15.8. The van der Waals surface area contributed by atoms with Gasteiger partial charge < -0.3 is 13.8 Å². The Bertz CT molecular complexity index is 537. The van der Waals surface area contributed by atoms with Crippen LogP contribution in [0.2, 0.25) is 0 Å². The molecule has 0 radical (unpaired) electrons. The fraction of sp³-hybridized carbons (Fsp3) is 0.600. The molecule has 0 bridgehead atoms. The van der Waals surface area contributed by atoms with E-state index in [0.29, 0.717) is 19.4 Å². The Balaban J connectivity index is 2.30. The molecule has 1 aliphatic heterocycles. The standard InChI is InChI=1S/C15H22IO4P/c1-4-18-21(17,19-5-2)10-12-6-11(3)7-15-14(12)8-13(9-16)20-15/h6-7,13H,4-5,8-10H2,1-3H3. The molecule has 4 nitrogen and oxygen atoms in total. The van der Waals surface area contributed by atoms with Crippen molar-refractivity contribution in [1.29, 1.82) is 0 Å². The van der Waals surface area contributed by atoms with Crippen molar-refractivity contribution in [2.75, 3.05) is 17.6 Å². The molecule has 0 fully saturated rings. The minimum absolute atomic E-state index is 0.208. The lowest BCUT2D eigenvalue weighted by atomic mass is 10.0. The zero-order valence-electron chi connectivity index (χ0n) is 12.7. The fourth-order valence-electron chi connectivity index (χ4n) is 2.60. The average molecular weight is 424 g/mol. The minimum Gasteiger partial charge on any atom is -0.489 e. The highest BCUT2D eigenvalue weighted by molar-refractivity contribution is 14.1. The van der Waals surface area contributed by atoms with Gasteiger partial charge in [0.25, 0.3) is 0 Å². The van der Waals surface area contributed by atoms with Gasteiger partial charge >= 0.3 is 7.60 Å². The lowest BCUT2D eigenvalue weighted by molar-refractivity contribution is 0.219. The molecule has 0 N–H and O–H groups in total. The molecule has 6 heteroatoms. The van der Waals surface area contributed by atoms with Crippen molar-refractivity contribution in [1.82, 2.24) is 0 Å². The van der Waals surface area contributed by atoms with E-state index < -0.39 is 7.60 Å². The van der Waals surface area contributed by atoms with Gasteiger partial charge in [0.15, 0.2) is 0 Å². The lowest BCUT2D eigenvalue weighted by Gasteiger charge is -2.18. The van der Waals surface area contributed by atoms with Gasteiger partial charge in [0.05, 0.1) is 19.4 Å². The molecule has 0 saturated heterocycles. The number of hydrogen-bond donors (Lipinski definition) is 0. The molecule has 21 heavy (non-hydrogen) atoms. The molecule has 0 aromatic heterocycles. The third kappa shape index (κ3) is 4.21. The summed E-state index contributed by atoms with van der Waals surface area (Å²) in [5.41, 5.74) is 3.29. The summed E-state index contributed by atoms with van der Waals surface area (Å²) in [5.74, 6) is 0.922. The maximum atomic E-state index is 12.8. The molecule has 1 aromatic carbocycles. The third-order valence-electron chi connectivity index (χ3n) is 3.36. The van der Waals surface area contributed by atoms with E-state index in [2.05, 4.69) is 34.7 Å². The highest BCUT2D eigenvalue weighted by Crippen LogP contribution is 2.52. The van der Waals surface area contributed by atoms with E-state index in [1.165, 1.54) is 0 Å². The van der Waals surface area contributed by atoms with Crippen molar-refractivity contribution in [3.8, 4) is 5.75 Å². The molecule has 118 valence electrons. The van der Waals surface area contributed by atoms with Gasteiger partial charge in [-0.25, -0.2) is 0 Å². The van der Waals surface area contributed by atoms with Crippen LogP contribution in [0.15, 0.2) is 12.1 Å². The predicted molar refractivity (Wildman–Crippen MR) is 92.7 cm³/mol.